The summed E-state index contributed by atoms with van der Waals surface area (Å²) in [6.45, 7) is 0.235. The van der Waals surface area contributed by atoms with Crippen LogP contribution in [0.15, 0.2) is 47.6 Å². The first-order chi connectivity index (χ1) is 10.8. The number of oxime groups is 1. The molecule has 2 aromatic rings. The second-order valence-corrected chi connectivity index (χ2v) is 4.38. The molecule has 0 aromatic heterocycles. The minimum atomic E-state index is 0.235. The third-order valence-corrected chi connectivity index (χ3v) is 3.06. The quantitative estimate of drug-likeness (QED) is 0.607. The fraction of sp³-hybridized carbons (Fsp3) is 0.176. The van der Waals surface area contributed by atoms with Crippen molar-refractivity contribution in [2.45, 2.75) is 6.61 Å². The van der Waals surface area contributed by atoms with E-state index in [0.717, 1.165) is 11.1 Å². The predicted molar refractivity (Wildman–Crippen MR) is 83.1 cm³/mol. The molecular formula is C17H16N2O3. The lowest BCUT2D eigenvalue weighted by atomic mass is 10.1. The molecule has 0 amide bonds. The van der Waals surface area contributed by atoms with E-state index in [1.54, 1.807) is 32.6 Å². The molecule has 0 bridgehead atoms. The summed E-state index contributed by atoms with van der Waals surface area (Å²) in [6, 6.07) is 14.8. The number of nitriles is 1. The molecule has 0 saturated carbocycles. The molecule has 0 N–H and O–H groups in total. The van der Waals surface area contributed by atoms with Crippen LogP contribution < -0.4 is 9.47 Å². The standard InChI is InChI=1S/C17H16N2O3/c1-20-16-8-7-14(17(9-16)21-2)11-19-22-12-15-6-4-3-5-13(15)10-18/h3-9,11H,12H2,1-2H3/b19-11+. The van der Waals surface area contributed by atoms with Crippen LogP contribution in [0, 0.1) is 11.3 Å². The molecule has 0 aliphatic carbocycles. The minimum absolute atomic E-state index is 0.235. The van der Waals surface area contributed by atoms with Crippen LogP contribution >= 0.6 is 0 Å². The Balaban J connectivity index is 2.03. The molecule has 2 aromatic carbocycles. The number of hydrogen-bond acceptors (Lipinski definition) is 5. The molecule has 0 aliphatic heterocycles. The molecule has 0 unspecified atom stereocenters. The van der Waals surface area contributed by atoms with Gasteiger partial charge in [0.25, 0.3) is 0 Å². The van der Waals surface area contributed by atoms with Gasteiger partial charge in [0.2, 0.25) is 0 Å². The SMILES string of the molecule is COc1ccc(/C=N/OCc2ccccc2C#N)c(OC)c1. The van der Waals surface area contributed by atoms with Crippen molar-refractivity contribution >= 4 is 6.21 Å². The molecule has 0 fully saturated rings. The maximum absolute atomic E-state index is 9.00. The summed E-state index contributed by atoms with van der Waals surface area (Å²) in [6.07, 6.45) is 1.56. The van der Waals surface area contributed by atoms with Crippen LogP contribution in [-0.4, -0.2) is 20.4 Å². The Bertz CT molecular complexity index is 705. The van der Waals surface area contributed by atoms with Crippen LogP contribution in [0.5, 0.6) is 11.5 Å². The van der Waals surface area contributed by atoms with Crippen LogP contribution in [0.1, 0.15) is 16.7 Å². The zero-order valence-corrected chi connectivity index (χ0v) is 12.4. The summed E-state index contributed by atoms with van der Waals surface area (Å²) < 4.78 is 10.4. The highest BCUT2D eigenvalue weighted by atomic mass is 16.6. The smallest absolute Gasteiger partial charge is 0.143 e. The van der Waals surface area contributed by atoms with Crippen molar-refractivity contribution < 1.29 is 14.3 Å². The number of rotatable bonds is 6. The summed E-state index contributed by atoms with van der Waals surface area (Å²) >= 11 is 0. The van der Waals surface area contributed by atoms with Gasteiger partial charge in [-0.05, 0) is 18.2 Å². The highest BCUT2D eigenvalue weighted by molar-refractivity contribution is 5.83. The Hall–Kier alpha value is -3.00. The van der Waals surface area contributed by atoms with E-state index in [-0.39, 0.29) is 6.61 Å². The van der Waals surface area contributed by atoms with Gasteiger partial charge in [-0.3, -0.25) is 0 Å². The Labute approximate surface area is 129 Å². The lowest BCUT2D eigenvalue weighted by Gasteiger charge is -2.07. The van der Waals surface area contributed by atoms with E-state index in [4.69, 9.17) is 19.6 Å². The highest BCUT2D eigenvalue weighted by Crippen LogP contribution is 2.23. The summed E-state index contributed by atoms with van der Waals surface area (Å²) in [5.41, 5.74) is 2.15. The average Bonchev–Trinajstić information content (AvgIpc) is 2.59. The molecule has 5 heteroatoms. The molecule has 112 valence electrons. The largest absolute Gasteiger partial charge is 0.497 e. The Morgan fingerprint density at radius 1 is 1.14 bits per heavy atom. The van der Waals surface area contributed by atoms with Crippen LogP contribution in [0.2, 0.25) is 0 Å². The molecule has 0 aliphatic rings. The monoisotopic (exact) mass is 296 g/mol. The van der Waals surface area contributed by atoms with Gasteiger partial charge in [0, 0.05) is 17.2 Å². The molecule has 0 heterocycles. The first-order valence-corrected chi connectivity index (χ1v) is 6.64. The molecular weight excluding hydrogens is 280 g/mol. The average molecular weight is 296 g/mol. The summed E-state index contributed by atoms with van der Waals surface area (Å²) in [4.78, 5) is 5.25. The topological polar surface area (TPSA) is 63.8 Å². The van der Waals surface area contributed by atoms with Gasteiger partial charge in [0.05, 0.1) is 32.1 Å². The van der Waals surface area contributed by atoms with Crippen molar-refractivity contribution in [3.63, 3.8) is 0 Å². The molecule has 0 radical (unpaired) electrons. The molecule has 0 saturated heterocycles. The summed E-state index contributed by atoms with van der Waals surface area (Å²) in [7, 11) is 3.18. The first kappa shape index (κ1) is 15.4. The van der Waals surface area contributed by atoms with E-state index in [2.05, 4.69) is 11.2 Å². The number of methoxy groups -OCH3 is 2. The van der Waals surface area contributed by atoms with Crippen molar-refractivity contribution in [2.75, 3.05) is 14.2 Å². The van der Waals surface area contributed by atoms with Crippen molar-refractivity contribution in [3.05, 3.63) is 59.2 Å². The van der Waals surface area contributed by atoms with Crippen molar-refractivity contribution in [1.82, 2.24) is 0 Å². The van der Waals surface area contributed by atoms with Gasteiger partial charge >= 0.3 is 0 Å². The number of nitrogens with zero attached hydrogens (tertiary/aromatic N) is 2. The maximum Gasteiger partial charge on any atom is 0.143 e. The summed E-state index contributed by atoms with van der Waals surface area (Å²) in [5.74, 6) is 1.35. The van der Waals surface area contributed by atoms with Gasteiger partial charge in [0.15, 0.2) is 0 Å². The lowest BCUT2D eigenvalue weighted by Crippen LogP contribution is -1.94. The fourth-order valence-corrected chi connectivity index (χ4v) is 1.88. The second-order valence-electron chi connectivity index (χ2n) is 4.38. The maximum atomic E-state index is 9.00. The van der Waals surface area contributed by atoms with E-state index in [0.29, 0.717) is 17.1 Å². The second kappa shape index (κ2) is 7.70. The van der Waals surface area contributed by atoms with E-state index >= 15 is 0 Å². The van der Waals surface area contributed by atoms with Gasteiger partial charge in [-0.1, -0.05) is 23.4 Å². The zero-order chi connectivity index (χ0) is 15.8. The van der Waals surface area contributed by atoms with E-state index in [9.17, 15) is 0 Å². The van der Waals surface area contributed by atoms with Crippen molar-refractivity contribution in [1.29, 1.82) is 5.26 Å². The van der Waals surface area contributed by atoms with Gasteiger partial charge in [0.1, 0.15) is 18.1 Å². The van der Waals surface area contributed by atoms with Gasteiger partial charge in [-0.25, -0.2) is 0 Å². The van der Waals surface area contributed by atoms with E-state index in [1.165, 1.54) is 0 Å². The lowest BCUT2D eigenvalue weighted by molar-refractivity contribution is 0.132. The normalized spacial score (nSPS) is 10.2. The fourth-order valence-electron chi connectivity index (χ4n) is 1.88. The minimum Gasteiger partial charge on any atom is -0.497 e. The van der Waals surface area contributed by atoms with Gasteiger partial charge in [-0.15, -0.1) is 0 Å². The molecule has 5 nitrogen and oxygen atoms in total. The van der Waals surface area contributed by atoms with Gasteiger partial charge in [-0.2, -0.15) is 5.26 Å². The third-order valence-electron chi connectivity index (χ3n) is 3.06. The van der Waals surface area contributed by atoms with Gasteiger partial charge < -0.3 is 14.3 Å². The number of benzene rings is 2. The van der Waals surface area contributed by atoms with Crippen molar-refractivity contribution in [3.8, 4) is 17.6 Å². The van der Waals surface area contributed by atoms with Crippen LogP contribution in [0.25, 0.3) is 0 Å². The summed E-state index contributed by atoms with van der Waals surface area (Å²) in [5, 5.41) is 12.9. The zero-order valence-electron chi connectivity index (χ0n) is 12.4. The first-order valence-electron chi connectivity index (χ1n) is 6.64. The number of hydrogen-bond donors (Lipinski definition) is 0. The Kier molecular flexibility index (Phi) is 5.38. The highest BCUT2D eigenvalue weighted by Gasteiger charge is 2.03. The molecule has 0 atom stereocenters. The Morgan fingerprint density at radius 3 is 2.68 bits per heavy atom. The van der Waals surface area contributed by atoms with E-state index in [1.807, 2.05) is 30.3 Å². The van der Waals surface area contributed by atoms with E-state index < -0.39 is 0 Å². The Morgan fingerprint density at radius 2 is 1.95 bits per heavy atom. The third kappa shape index (κ3) is 3.76. The van der Waals surface area contributed by atoms with Crippen LogP contribution in [0.4, 0.5) is 0 Å². The van der Waals surface area contributed by atoms with Crippen LogP contribution in [-0.2, 0) is 11.4 Å². The van der Waals surface area contributed by atoms with Crippen LogP contribution in [0.3, 0.4) is 0 Å². The molecule has 0 spiro atoms. The molecule has 2 rings (SSSR count). The van der Waals surface area contributed by atoms with Crippen molar-refractivity contribution in [2.24, 2.45) is 5.16 Å². The number of ether oxygens (including phenoxy) is 2. The molecule has 22 heavy (non-hydrogen) atoms. The predicted octanol–water partition coefficient (Wildman–Crippen LogP) is 3.13.